The number of sulfonamides is 1. The summed E-state index contributed by atoms with van der Waals surface area (Å²) < 4.78 is 50.5. The molecule has 156 valence electrons. The van der Waals surface area contributed by atoms with Crippen LogP contribution < -0.4 is 16.2 Å². The van der Waals surface area contributed by atoms with Crippen LogP contribution in [0.3, 0.4) is 0 Å². The largest absolute Gasteiger partial charge is 0.368 e. The van der Waals surface area contributed by atoms with Crippen molar-refractivity contribution in [3.8, 4) is 6.07 Å². The summed E-state index contributed by atoms with van der Waals surface area (Å²) >= 11 is 0. The smallest absolute Gasteiger partial charge is 0.287 e. The number of nitrogens with zero attached hydrogens (tertiary/aromatic N) is 4. The lowest BCUT2D eigenvalue weighted by Gasteiger charge is -2.04. The Morgan fingerprint density at radius 2 is 1.70 bits per heavy atom. The van der Waals surface area contributed by atoms with E-state index in [4.69, 9.17) is 16.1 Å². The molecule has 5 N–H and O–H groups in total. The number of anilines is 3. The molecule has 0 aliphatic heterocycles. The van der Waals surface area contributed by atoms with Crippen LogP contribution in [0.15, 0.2) is 47.4 Å². The Morgan fingerprint density at radius 3 is 2.20 bits per heavy atom. The molecule has 0 aliphatic carbocycles. The third-order valence-corrected chi connectivity index (χ3v) is 4.37. The molecule has 0 fully saturated rings. The van der Waals surface area contributed by atoms with Crippen LogP contribution in [-0.4, -0.2) is 29.1 Å². The Labute approximate surface area is 169 Å². The number of nitriles is 1. The minimum absolute atomic E-state index is 0.101. The maximum absolute atomic E-state index is 13.8. The van der Waals surface area contributed by atoms with Gasteiger partial charge in [0, 0.05) is 12.6 Å². The summed E-state index contributed by atoms with van der Waals surface area (Å²) in [7, 11) is -3.84. The van der Waals surface area contributed by atoms with Gasteiger partial charge < -0.3 is 11.1 Å². The van der Waals surface area contributed by atoms with Gasteiger partial charge in [0.1, 0.15) is 17.2 Å². The Hall–Kier alpha value is -3.89. The van der Waals surface area contributed by atoms with Gasteiger partial charge in [-0.3, -0.25) is 4.79 Å². The highest BCUT2D eigenvalue weighted by Crippen LogP contribution is 2.19. The molecular weight excluding hydrogens is 420 g/mol. The van der Waals surface area contributed by atoms with Crippen molar-refractivity contribution >= 4 is 33.5 Å². The Kier molecular flexibility index (Phi) is 6.77. The molecule has 0 unspecified atom stereocenters. The second-order valence-electron chi connectivity index (χ2n) is 5.53. The van der Waals surface area contributed by atoms with E-state index in [1.54, 1.807) is 6.07 Å². The van der Waals surface area contributed by atoms with E-state index < -0.39 is 39.1 Å². The summed E-state index contributed by atoms with van der Waals surface area (Å²) in [6.45, 7) is 1.43. The molecule has 0 saturated heterocycles. The fourth-order valence-corrected chi connectivity index (χ4v) is 2.71. The number of benzene rings is 2. The number of carbonyl (C=O) groups is 1. The van der Waals surface area contributed by atoms with Crippen LogP contribution in [0.5, 0.6) is 0 Å². The molecule has 30 heavy (non-hydrogen) atoms. The molecule has 10 nitrogen and oxygen atoms in total. The van der Waals surface area contributed by atoms with E-state index in [-0.39, 0.29) is 10.8 Å². The maximum Gasteiger partial charge on any atom is 0.287 e. The molecule has 2 aromatic carbocycles. The highest BCUT2D eigenvalue weighted by molar-refractivity contribution is 7.89. The highest BCUT2D eigenvalue weighted by atomic mass is 32.2. The van der Waals surface area contributed by atoms with E-state index in [9.17, 15) is 22.0 Å². The molecule has 13 heteroatoms. The highest BCUT2D eigenvalue weighted by Gasteiger charge is 2.23. The lowest BCUT2D eigenvalue weighted by molar-refractivity contribution is 0.0939. The number of nitrogens with two attached hydrogens (primary N) is 2. The van der Waals surface area contributed by atoms with Crippen molar-refractivity contribution in [3.63, 3.8) is 0 Å². The third-order valence-electron chi connectivity index (χ3n) is 3.44. The first-order chi connectivity index (χ1) is 14.1. The molecule has 0 atom stereocenters. The number of rotatable bonds is 4. The van der Waals surface area contributed by atoms with Crippen molar-refractivity contribution in [1.82, 2.24) is 14.8 Å². The van der Waals surface area contributed by atoms with Gasteiger partial charge in [-0.15, -0.1) is 5.10 Å². The summed E-state index contributed by atoms with van der Waals surface area (Å²) in [6, 6.07) is 9.98. The minimum atomic E-state index is -3.84. The zero-order valence-electron chi connectivity index (χ0n) is 15.4. The van der Waals surface area contributed by atoms with Crippen LogP contribution in [0.4, 0.5) is 26.4 Å². The van der Waals surface area contributed by atoms with Crippen LogP contribution >= 0.6 is 0 Å². The molecule has 1 heterocycles. The first-order valence-electron chi connectivity index (χ1n) is 8.00. The summed E-state index contributed by atoms with van der Waals surface area (Å²) in [5, 5.41) is 18.8. The zero-order valence-corrected chi connectivity index (χ0v) is 16.2. The molecule has 0 bridgehead atoms. The number of nitrogens with one attached hydrogen (secondary N) is 1. The Bertz CT molecular complexity index is 1200. The minimum Gasteiger partial charge on any atom is -0.368 e. The molecule has 3 rings (SSSR count). The first kappa shape index (κ1) is 22.4. The second-order valence-corrected chi connectivity index (χ2v) is 7.09. The van der Waals surface area contributed by atoms with Gasteiger partial charge in [0.15, 0.2) is 0 Å². The van der Waals surface area contributed by atoms with Crippen molar-refractivity contribution in [2.24, 2.45) is 5.14 Å². The number of hydrogen-bond donors (Lipinski definition) is 3. The SMILES string of the molecule is CC#N.Nc1nc(Nc2ccc(S(N)(=O)=O)cc2)nn1C(=O)c1c(F)cccc1F. The Balaban J connectivity index is 0.00000101. The van der Waals surface area contributed by atoms with Gasteiger partial charge in [0.25, 0.3) is 5.91 Å². The quantitative estimate of drug-likeness (QED) is 0.556. The lowest BCUT2D eigenvalue weighted by atomic mass is 10.2. The number of nitrogen functional groups attached to an aromatic ring is 1. The van der Waals surface area contributed by atoms with E-state index in [0.717, 1.165) is 18.2 Å². The number of aromatic nitrogens is 3. The molecule has 0 amide bonds. The zero-order chi connectivity index (χ0) is 22.5. The summed E-state index contributed by atoms with van der Waals surface area (Å²) in [6.07, 6.45) is 0. The third kappa shape index (κ3) is 5.13. The van der Waals surface area contributed by atoms with E-state index >= 15 is 0 Å². The van der Waals surface area contributed by atoms with E-state index in [1.165, 1.54) is 31.2 Å². The average Bonchev–Trinajstić information content (AvgIpc) is 3.02. The van der Waals surface area contributed by atoms with Crippen molar-refractivity contribution in [2.75, 3.05) is 11.1 Å². The monoisotopic (exact) mass is 435 g/mol. The van der Waals surface area contributed by atoms with Crippen molar-refractivity contribution in [3.05, 3.63) is 59.7 Å². The van der Waals surface area contributed by atoms with Gasteiger partial charge in [-0.2, -0.15) is 14.9 Å². The predicted molar refractivity (Wildman–Crippen MR) is 103 cm³/mol. The molecule has 3 aromatic rings. The van der Waals surface area contributed by atoms with Gasteiger partial charge in [-0.05, 0) is 36.4 Å². The standard InChI is InChI=1S/C15H12F2N6O3S.C2H3N/c16-10-2-1-3-11(17)12(10)13(24)23-14(18)21-15(22-23)20-8-4-6-9(7-5-8)27(19,25)26;1-2-3/h1-7H,(H2,19,25,26)(H3,18,20,21,22);1H3. The van der Waals surface area contributed by atoms with Gasteiger partial charge in [0.05, 0.1) is 11.0 Å². The van der Waals surface area contributed by atoms with Gasteiger partial charge in [-0.1, -0.05) is 6.07 Å². The van der Waals surface area contributed by atoms with Crippen LogP contribution in [0, 0.1) is 23.0 Å². The predicted octanol–water partition coefficient (Wildman–Crippen LogP) is 1.75. The second kappa shape index (κ2) is 9.07. The maximum atomic E-state index is 13.8. The van der Waals surface area contributed by atoms with Crippen molar-refractivity contribution in [1.29, 1.82) is 5.26 Å². The molecule has 1 aromatic heterocycles. The topological polar surface area (TPSA) is 170 Å². The first-order valence-corrected chi connectivity index (χ1v) is 9.55. The molecule has 0 aliphatic rings. The average molecular weight is 435 g/mol. The van der Waals surface area contributed by atoms with Crippen LogP contribution in [0.1, 0.15) is 17.3 Å². The van der Waals surface area contributed by atoms with Gasteiger partial charge in [-0.25, -0.2) is 22.3 Å². The molecular formula is C17H15F2N7O3S. The fraction of sp³-hybridized carbons (Fsp3) is 0.0588. The van der Waals surface area contributed by atoms with Crippen molar-refractivity contribution < 1.29 is 22.0 Å². The summed E-state index contributed by atoms with van der Waals surface area (Å²) in [4.78, 5) is 16.0. The summed E-state index contributed by atoms with van der Waals surface area (Å²) in [5.74, 6) is -3.80. The molecule has 0 saturated carbocycles. The number of primary sulfonamides is 1. The van der Waals surface area contributed by atoms with E-state index in [0.29, 0.717) is 10.4 Å². The number of halogens is 2. The van der Waals surface area contributed by atoms with Crippen LogP contribution in [0.25, 0.3) is 0 Å². The normalized spacial score (nSPS) is 10.5. The van der Waals surface area contributed by atoms with Gasteiger partial charge >= 0.3 is 0 Å². The molecule has 0 spiro atoms. The number of hydrogen-bond acceptors (Lipinski definition) is 8. The lowest BCUT2D eigenvalue weighted by Crippen LogP contribution is -2.19. The fourth-order valence-electron chi connectivity index (χ4n) is 2.19. The van der Waals surface area contributed by atoms with Crippen molar-refractivity contribution in [2.45, 2.75) is 11.8 Å². The summed E-state index contributed by atoms with van der Waals surface area (Å²) in [5.41, 5.74) is 5.15. The van der Waals surface area contributed by atoms with Crippen LogP contribution in [0.2, 0.25) is 0 Å². The Morgan fingerprint density at radius 1 is 1.17 bits per heavy atom. The van der Waals surface area contributed by atoms with Crippen LogP contribution in [-0.2, 0) is 10.0 Å². The van der Waals surface area contributed by atoms with E-state index in [1.807, 2.05) is 0 Å². The van der Waals surface area contributed by atoms with E-state index in [2.05, 4.69) is 15.4 Å². The molecule has 0 radical (unpaired) electrons. The number of carbonyl (C=O) groups excluding carboxylic acids is 1. The van der Waals surface area contributed by atoms with Gasteiger partial charge in [0.2, 0.25) is 21.9 Å².